The summed E-state index contributed by atoms with van der Waals surface area (Å²) in [6.07, 6.45) is 3.17. The molecule has 3 aromatic rings. The number of piperidine rings is 1. The average Bonchev–Trinajstić information content (AvgIpc) is 3.14. The van der Waals surface area contributed by atoms with Gasteiger partial charge in [-0.05, 0) is 55.0 Å². The zero-order valence-corrected chi connectivity index (χ0v) is 18.1. The number of aromatic nitrogens is 3. The normalized spacial score (nSPS) is 14.8. The van der Waals surface area contributed by atoms with E-state index < -0.39 is 0 Å². The number of carbonyl (C=O) groups excluding carboxylic acids is 1. The maximum atomic E-state index is 12.7. The van der Waals surface area contributed by atoms with Gasteiger partial charge in [0.05, 0.1) is 5.75 Å². The number of nitrogen functional groups attached to an aromatic ring is 1. The van der Waals surface area contributed by atoms with Crippen molar-refractivity contribution < 1.29 is 4.79 Å². The third-order valence-corrected chi connectivity index (χ3v) is 6.61. The van der Waals surface area contributed by atoms with Crippen LogP contribution in [0.15, 0.2) is 59.8 Å². The van der Waals surface area contributed by atoms with E-state index >= 15 is 0 Å². The lowest BCUT2D eigenvalue weighted by Gasteiger charge is -2.32. The Morgan fingerprint density at radius 2 is 1.77 bits per heavy atom. The molecule has 0 bridgehead atoms. The van der Waals surface area contributed by atoms with Crippen LogP contribution in [-0.2, 0) is 11.2 Å². The van der Waals surface area contributed by atoms with Crippen LogP contribution in [0.4, 0.5) is 0 Å². The number of likely N-dealkylation sites (tertiary alicyclic amines) is 1. The standard InChI is InChI=1S/C22H24ClN5OS/c23-19-8-6-18(7-9-19)21-25-26-22(28(21)24)30-15-20(29)27-12-10-17(11-13-27)14-16-4-2-1-3-5-16/h1-9,17H,10-15,24H2. The monoisotopic (exact) mass is 441 g/mol. The number of halogens is 1. The fourth-order valence-electron chi connectivity index (χ4n) is 3.72. The van der Waals surface area contributed by atoms with E-state index in [9.17, 15) is 4.79 Å². The molecule has 0 atom stereocenters. The van der Waals surface area contributed by atoms with Crippen LogP contribution in [0, 0.1) is 5.92 Å². The van der Waals surface area contributed by atoms with Crippen LogP contribution >= 0.6 is 23.4 Å². The van der Waals surface area contributed by atoms with Gasteiger partial charge in [0, 0.05) is 23.7 Å². The number of rotatable bonds is 6. The molecule has 1 aliphatic heterocycles. The fraction of sp³-hybridized carbons (Fsp3) is 0.318. The van der Waals surface area contributed by atoms with E-state index in [1.165, 1.54) is 22.0 Å². The van der Waals surface area contributed by atoms with Crippen molar-refractivity contribution in [1.82, 2.24) is 19.8 Å². The third kappa shape index (κ3) is 4.96. The lowest BCUT2D eigenvalue weighted by Crippen LogP contribution is -2.39. The zero-order chi connectivity index (χ0) is 20.9. The molecule has 1 saturated heterocycles. The second kappa shape index (κ2) is 9.53. The molecule has 6 nitrogen and oxygen atoms in total. The number of hydrogen-bond donors (Lipinski definition) is 1. The molecular formula is C22H24ClN5OS. The molecule has 2 N–H and O–H groups in total. The predicted molar refractivity (Wildman–Crippen MR) is 121 cm³/mol. The van der Waals surface area contributed by atoms with Gasteiger partial charge in [0.2, 0.25) is 11.1 Å². The lowest BCUT2D eigenvalue weighted by atomic mass is 9.90. The van der Waals surface area contributed by atoms with Gasteiger partial charge in [-0.3, -0.25) is 4.79 Å². The molecule has 1 aliphatic rings. The van der Waals surface area contributed by atoms with Gasteiger partial charge in [-0.2, -0.15) is 0 Å². The zero-order valence-electron chi connectivity index (χ0n) is 16.6. The topological polar surface area (TPSA) is 77.0 Å². The highest BCUT2D eigenvalue weighted by atomic mass is 35.5. The Labute approximate surface area is 185 Å². The van der Waals surface area contributed by atoms with Gasteiger partial charge in [0.1, 0.15) is 0 Å². The SMILES string of the molecule is Nn1c(SCC(=O)N2CCC(Cc3ccccc3)CC2)nnc1-c1ccc(Cl)cc1. The van der Waals surface area contributed by atoms with Gasteiger partial charge >= 0.3 is 0 Å². The third-order valence-electron chi connectivity index (χ3n) is 5.43. The quantitative estimate of drug-likeness (QED) is 0.464. The summed E-state index contributed by atoms with van der Waals surface area (Å²) in [6.45, 7) is 1.62. The molecule has 4 rings (SSSR count). The molecule has 0 unspecified atom stereocenters. The first-order valence-electron chi connectivity index (χ1n) is 10.0. The second-order valence-electron chi connectivity index (χ2n) is 7.49. The van der Waals surface area contributed by atoms with E-state index in [0.717, 1.165) is 37.9 Å². The summed E-state index contributed by atoms with van der Waals surface area (Å²) in [6, 6.07) is 17.8. The minimum absolute atomic E-state index is 0.120. The molecule has 30 heavy (non-hydrogen) atoms. The second-order valence-corrected chi connectivity index (χ2v) is 8.86. The lowest BCUT2D eigenvalue weighted by molar-refractivity contribution is -0.129. The summed E-state index contributed by atoms with van der Waals surface area (Å²) >= 11 is 7.25. The highest BCUT2D eigenvalue weighted by Crippen LogP contribution is 2.25. The summed E-state index contributed by atoms with van der Waals surface area (Å²) in [5.41, 5.74) is 2.20. The Hall–Kier alpha value is -2.51. The maximum Gasteiger partial charge on any atom is 0.233 e. The van der Waals surface area contributed by atoms with Gasteiger partial charge in [-0.15, -0.1) is 10.2 Å². The van der Waals surface area contributed by atoms with Gasteiger partial charge in [-0.25, -0.2) is 4.68 Å². The van der Waals surface area contributed by atoms with Crippen molar-refractivity contribution in [3.8, 4) is 11.4 Å². The number of benzene rings is 2. The van der Waals surface area contributed by atoms with Gasteiger partial charge in [0.15, 0.2) is 5.82 Å². The Balaban J connectivity index is 1.28. The molecular weight excluding hydrogens is 418 g/mol. The first kappa shape index (κ1) is 20.8. The van der Waals surface area contributed by atoms with Crippen LogP contribution in [0.1, 0.15) is 18.4 Å². The van der Waals surface area contributed by atoms with Crippen molar-refractivity contribution in [3.63, 3.8) is 0 Å². The van der Waals surface area contributed by atoms with Crippen molar-refractivity contribution in [2.45, 2.75) is 24.4 Å². The Morgan fingerprint density at radius 1 is 1.07 bits per heavy atom. The molecule has 156 valence electrons. The number of carbonyl (C=O) groups is 1. The first-order valence-corrected chi connectivity index (χ1v) is 11.4. The van der Waals surface area contributed by atoms with Gasteiger partial charge in [-0.1, -0.05) is 53.7 Å². The van der Waals surface area contributed by atoms with E-state index in [1.807, 2.05) is 23.1 Å². The minimum Gasteiger partial charge on any atom is -0.342 e. The summed E-state index contributed by atoms with van der Waals surface area (Å²) in [4.78, 5) is 14.6. The summed E-state index contributed by atoms with van der Waals surface area (Å²) in [5.74, 6) is 7.75. The first-order chi connectivity index (χ1) is 14.6. The minimum atomic E-state index is 0.120. The van der Waals surface area contributed by atoms with E-state index in [2.05, 4.69) is 34.5 Å². The van der Waals surface area contributed by atoms with Crippen molar-refractivity contribution in [1.29, 1.82) is 0 Å². The van der Waals surface area contributed by atoms with Crippen LogP contribution in [-0.4, -0.2) is 44.5 Å². The smallest absolute Gasteiger partial charge is 0.233 e. The van der Waals surface area contributed by atoms with Crippen LogP contribution in [0.2, 0.25) is 5.02 Å². The molecule has 0 saturated carbocycles. The number of thioether (sulfide) groups is 1. The Bertz CT molecular complexity index is 985. The number of hydrogen-bond acceptors (Lipinski definition) is 5. The highest BCUT2D eigenvalue weighted by molar-refractivity contribution is 7.99. The van der Waals surface area contributed by atoms with Crippen LogP contribution in [0.3, 0.4) is 0 Å². The summed E-state index contributed by atoms with van der Waals surface area (Å²) < 4.78 is 1.42. The van der Waals surface area contributed by atoms with E-state index in [0.29, 0.717) is 27.7 Å². The molecule has 8 heteroatoms. The number of amides is 1. The molecule has 2 aromatic carbocycles. The van der Waals surface area contributed by atoms with Crippen molar-refractivity contribution in [3.05, 3.63) is 65.2 Å². The molecule has 1 aromatic heterocycles. The number of nitrogens with zero attached hydrogens (tertiary/aromatic N) is 4. The largest absolute Gasteiger partial charge is 0.342 e. The van der Waals surface area contributed by atoms with Crippen molar-refractivity contribution >= 4 is 29.3 Å². The Morgan fingerprint density at radius 3 is 2.47 bits per heavy atom. The maximum absolute atomic E-state index is 12.7. The fourth-order valence-corrected chi connectivity index (χ4v) is 4.61. The van der Waals surface area contributed by atoms with Crippen LogP contribution in [0.5, 0.6) is 0 Å². The van der Waals surface area contributed by atoms with Gasteiger partial charge < -0.3 is 10.7 Å². The molecule has 1 fully saturated rings. The number of nitrogens with two attached hydrogens (primary N) is 1. The van der Waals surface area contributed by atoms with E-state index in [-0.39, 0.29) is 5.91 Å². The van der Waals surface area contributed by atoms with Crippen molar-refractivity contribution in [2.75, 3.05) is 24.7 Å². The molecule has 2 heterocycles. The molecule has 0 aliphatic carbocycles. The molecule has 0 spiro atoms. The van der Waals surface area contributed by atoms with E-state index in [4.69, 9.17) is 17.4 Å². The van der Waals surface area contributed by atoms with Crippen LogP contribution in [0.25, 0.3) is 11.4 Å². The van der Waals surface area contributed by atoms with Crippen LogP contribution < -0.4 is 5.84 Å². The summed E-state index contributed by atoms with van der Waals surface area (Å²) in [5, 5.41) is 9.46. The van der Waals surface area contributed by atoms with Gasteiger partial charge in [0.25, 0.3) is 0 Å². The molecule has 1 amide bonds. The highest BCUT2D eigenvalue weighted by Gasteiger charge is 2.23. The predicted octanol–water partition coefficient (Wildman–Crippen LogP) is 3.89. The van der Waals surface area contributed by atoms with E-state index in [1.54, 1.807) is 12.1 Å². The summed E-state index contributed by atoms with van der Waals surface area (Å²) in [7, 11) is 0. The average molecular weight is 442 g/mol. The van der Waals surface area contributed by atoms with Crippen molar-refractivity contribution in [2.24, 2.45) is 5.92 Å². The Kier molecular flexibility index (Phi) is 6.59. The molecule has 0 radical (unpaired) electrons.